The zero-order valence-corrected chi connectivity index (χ0v) is 15.1. The molecule has 2 fully saturated rings. The molecule has 3 rings (SSSR count). The summed E-state index contributed by atoms with van der Waals surface area (Å²) >= 11 is 0. The van der Waals surface area contributed by atoms with Gasteiger partial charge in [0.25, 0.3) is 0 Å². The Morgan fingerprint density at radius 2 is 2.12 bits per heavy atom. The van der Waals surface area contributed by atoms with Gasteiger partial charge in [-0.2, -0.15) is 5.10 Å². The highest BCUT2D eigenvalue weighted by molar-refractivity contribution is 5.83. The Morgan fingerprint density at radius 3 is 2.88 bits per heavy atom. The average molecular weight is 365 g/mol. The van der Waals surface area contributed by atoms with Gasteiger partial charge in [-0.1, -0.05) is 0 Å². The van der Waals surface area contributed by atoms with Crippen LogP contribution in [0.3, 0.4) is 0 Å². The lowest BCUT2D eigenvalue weighted by atomic mass is 9.88. The van der Waals surface area contributed by atoms with Crippen molar-refractivity contribution in [1.29, 1.82) is 0 Å². The minimum atomic E-state index is -0.208. The van der Waals surface area contributed by atoms with Crippen molar-refractivity contribution in [2.75, 3.05) is 46.5 Å². The van der Waals surface area contributed by atoms with Crippen LogP contribution in [0, 0.1) is 11.8 Å². The van der Waals surface area contributed by atoms with Crippen molar-refractivity contribution >= 4 is 11.8 Å². The van der Waals surface area contributed by atoms with Crippen LogP contribution in [0.1, 0.15) is 17.8 Å². The van der Waals surface area contributed by atoms with Crippen LogP contribution in [-0.2, 0) is 32.2 Å². The maximum absolute atomic E-state index is 12.6. The van der Waals surface area contributed by atoms with Gasteiger partial charge >= 0.3 is 0 Å². The number of piperidine rings is 1. The molecule has 9 heteroatoms. The molecular weight excluding hydrogens is 338 g/mol. The molecule has 1 aromatic rings. The predicted octanol–water partition coefficient (Wildman–Crippen LogP) is -0.743. The number of nitrogens with zero attached hydrogens (tertiary/aromatic N) is 2. The molecule has 0 spiro atoms. The van der Waals surface area contributed by atoms with Crippen molar-refractivity contribution in [2.45, 2.75) is 19.6 Å². The molecule has 26 heavy (non-hydrogen) atoms. The second-order valence-corrected chi connectivity index (χ2v) is 6.76. The van der Waals surface area contributed by atoms with Crippen LogP contribution in [0.5, 0.6) is 0 Å². The van der Waals surface area contributed by atoms with E-state index < -0.39 is 0 Å². The third kappa shape index (κ3) is 4.80. The number of H-pyrrole nitrogens is 1. The summed E-state index contributed by atoms with van der Waals surface area (Å²) in [6, 6.07) is 1.87. The Labute approximate surface area is 152 Å². The highest BCUT2D eigenvalue weighted by atomic mass is 16.5. The van der Waals surface area contributed by atoms with Crippen LogP contribution < -0.4 is 10.6 Å². The van der Waals surface area contributed by atoms with Crippen LogP contribution in [0.2, 0.25) is 0 Å². The van der Waals surface area contributed by atoms with Crippen molar-refractivity contribution in [3.05, 3.63) is 17.5 Å². The van der Waals surface area contributed by atoms with E-state index in [-0.39, 0.29) is 23.7 Å². The molecule has 2 saturated heterocycles. The molecule has 2 amide bonds. The van der Waals surface area contributed by atoms with E-state index in [0.29, 0.717) is 59.0 Å². The Bertz CT molecular complexity index is 614. The van der Waals surface area contributed by atoms with E-state index in [0.717, 1.165) is 11.4 Å². The van der Waals surface area contributed by atoms with Gasteiger partial charge in [0.1, 0.15) is 0 Å². The van der Waals surface area contributed by atoms with E-state index in [1.165, 1.54) is 0 Å². The molecule has 3 heterocycles. The lowest BCUT2D eigenvalue weighted by Gasteiger charge is -2.34. The number of nitrogens with one attached hydrogen (secondary N) is 3. The number of rotatable bonds is 6. The van der Waals surface area contributed by atoms with E-state index in [1.807, 2.05) is 11.0 Å². The largest absolute Gasteiger partial charge is 0.378 e. The van der Waals surface area contributed by atoms with Gasteiger partial charge in [-0.15, -0.1) is 0 Å². The number of aromatic nitrogens is 2. The standard InChI is InChI=1S/C17H27N5O4/c1-25-11-15-7-14(20-21-15)10-19-16(23)12-6-13(9-18-8-12)17(24)22-2-4-26-5-3-22/h7,12-13,18H,2-6,8-11H2,1H3,(H,19,23)(H,20,21)/t12-,13-/m1/s1. The van der Waals surface area contributed by atoms with Crippen molar-refractivity contribution in [2.24, 2.45) is 11.8 Å². The summed E-state index contributed by atoms with van der Waals surface area (Å²) in [5.74, 6) is -0.283. The molecule has 0 aliphatic carbocycles. The highest BCUT2D eigenvalue weighted by Gasteiger charge is 2.33. The van der Waals surface area contributed by atoms with Crippen LogP contribution in [-0.4, -0.2) is 73.4 Å². The van der Waals surface area contributed by atoms with E-state index in [2.05, 4.69) is 20.8 Å². The van der Waals surface area contributed by atoms with Crippen molar-refractivity contribution in [3.8, 4) is 0 Å². The first-order valence-corrected chi connectivity index (χ1v) is 9.04. The summed E-state index contributed by atoms with van der Waals surface area (Å²) in [5.41, 5.74) is 1.63. The smallest absolute Gasteiger partial charge is 0.227 e. The minimum absolute atomic E-state index is 0.0418. The zero-order chi connectivity index (χ0) is 18.4. The number of carbonyl (C=O) groups excluding carboxylic acids is 2. The molecule has 0 radical (unpaired) electrons. The van der Waals surface area contributed by atoms with Gasteiger partial charge in [0, 0.05) is 33.3 Å². The molecule has 0 unspecified atom stereocenters. The topological polar surface area (TPSA) is 109 Å². The monoisotopic (exact) mass is 365 g/mol. The lowest BCUT2D eigenvalue weighted by molar-refractivity contribution is -0.141. The second kappa shape index (κ2) is 9.11. The van der Waals surface area contributed by atoms with Gasteiger partial charge in [0.15, 0.2) is 0 Å². The molecule has 144 valence electrons. The second-order valence-electron chi connectivity index (χ2n) is 6.76. The third-order valence-electron chi connectivity index (χ3n) is 4.82. The van der Waals surface area contributed by atoms with Gasteiger partial charge in [0.05, 0.1) is 49.6 Å². The van der Waals surface area contributed by atoms with E-state index in [4.69, 9.17) is 9.47 Å². The molecule has 0 aromatic carbocycles. The summed E-state index contributed by atoms with van der Waals surface area (Å²) < 4.78 is 10.3. The Kier molecular flexibility index (Phi) is 6.59. The van der Waals surface area contributed by atoms with Crippen molar-refractivity contribution in [3.63, 3.8) is 0 Å². The number of morpholine rings is 1. The third-order valence-corrected chi connectivity index (χ3v) is 4.82. The first kappa shape index (κ1) is 18.8. The van der Waals surface area contributed by atoms with Crippen LogP contribution in [0.25, 0.3) is 0 Å². The van der Waals surface area contributed by atoms with E-state index >= 15 is 0 Å². The van der Waals surface area contributed by atoms with Crippen LogP contribution in [0.4, 0.5) is 0 Å². The maximum Gasteiger partial charge on any atom is 0.227 e. The Balaban J connectivity index is 1.48. The normalized spacial score (nSPS) is 23.7. The van der Waals surface area contributed by atoms with E-state index in [1.54, 1.807) is 7.11 Å². The zero-order valence-electron chi connectivity index (χ0n) is 15.1. The molecule has 1 aromatic heterocycles. The predicted molar refractivity (Wildman–Crippen MR) is 93.0 cm³/mol. The quantitative estimate of drug-likeness (QED) is 0.613. The lowest BCUT2D eigenvalue weighted by Crippen LogP contribution is -2.51. The van der Waals surface area contributed by atoms with Crippen LogP contribution in [0.15, 0.2) is 6.07 Å². The van der Waals surface area contributed by atoms with Gasteiger partial charge in [-0.25, -0.2) is 0 Å². The number of amides is 2. The van der Waals surface area contributed by atoms with Crippen molar-refractivity contribution < 1.29 is 19.1 Å². The summed E-state index contributed by atoms with van der Waals surface area (Å²) in [6.07, 6.45) is 0.576. The fraction of sp³-hybridized carbons (Fsp3) is 0.706. The molecule has 3 N–H and O–H groups in total. The number of aromatic amines is 1. The average Bonchev–Trinajstić information content (AvgIpc) is 3.14. The van der Waals surface area contributed by atoms with Gasteiger partial charge < -0.3 is 25.0 Å². The molecule has 0 bridgehead atoms. The molecule has 9 nitrogen and oxygen atoms in total. The van der Waals surface area contributed by atoms with Crippen LogP contribution >= 0.6 is 0 Å². The number of hydrogen-bond acceptors (Lipinski definition) is 6. The molecule has 2 aliphatic heterocycles. The number of hydrogen-bond donors (Lipinski definition) is 3. The fourth-order valence-electron chi connectivity index (χ4n) is 3.42. The summed E-state index contributed by atoms with van der Waals surface area (Å²) in [4.78, 5) is 27.0. The highest BCUT2D eigenvalue weighted by Crippen LogP contribution is 2.20. The number of carbonyl (C=O) groups is 2. The molecule has 2 aliphatic rings. The van der Waals surface area contributed by atoms with Gasteiger partial charge in [-0.3, -0.25) is 14.7 Å². The Morgan fingerprint density at radius 1 is 1.35 bits per heavy atom. The summed E-state index contributed by atoms with van der Waals surface area (Å²) in [7, 11) is 1.61. The van der Waals surface area contributed by atoms with Crippen molar-refractivity contribution in [1.82, 2.24) is 25.7 Å². The Hall–Kier alpha value is -1.97. The molecule has 0 saturated carbocycles. The molecular formula is C17H27N5O4. The van der Waals surface area contributed by atoms with E-state index in [9.17, 15) is 9.59 Å². The minimum Gasteiger partial charge on any atom is -0.378 e. The number of methoxy groups -OCH3 is 1. The van der Waals surface area contributed by atoms with Gasteiger partial charge in [0.2, 0.25) is 11.8 Å². The summed E-state index contributed by atoms with van der Waals surface area (Å²) in [6.45, 7) is 4.48. The molecule has 2 atom stereocenters. The first-order valence-electron chi connectivity index (χ1n) is 9.04. The SMILES string of the molecule is COCc1cc(CNC(=O)[C@H]2CNC[C@H](C(=O)N3CCOCC3)C2)[nH]n1. The first-order chi connectivity index (χ1) is 12.7. The van der Waals surface area contributed by atoms with Gasteiger partial charge in [-0.05, 0) is 12.5 Å². The maximum atomic E-state index is 12.6. The number of ether oxygens (including phenoxy) is 2. The summed E-state index contributed by atoms with van der Waals surface area (Å²) in [5, 5.41) is 13.2. The fourth-order valence-corrected chi connectivity index (χ4v) is 3.42.